The summed E-state index contributed by atoms with van der Waals surface area (Å²) in [6.07, 6.45) is 5.53. The predicted octanol–water partition coefficient (Wildman–Crippen LogP) is 1.69. The summed E-state index contributed by atoms with van der Waals surface area (Å²) in [4.78, 5) is 33.7. The molecule has 6 heteroatoms. The van der Waals surface area contributed by atoms with Crippen molar-refractivity contribution in [1.82, 2.24) is 20.2 Å². The molecule has 2 aromatic heterocycles. The van der Waals surface area contributed by atoms with E-state index < -0.39 is 0 Å². The Balaban J connectivity index is 1.34. The van der Waals surface area contributed by atoms with Crippen molar-refractivity contribution in [2.45, 2.75) is 31.7 Å². The number of nitrogens with zero attached hydrogens (tertiary/aromatic N) is 2. The maximum atomic E-state index is 12.3. The molecule has 2 N–H and O–H groups in total. The van der Waals surface area contributed by atoms with Gasteiger partial charge in [-0.2, -0.15) is 0 Å². The highest BCUT2D eigenvalue weighted by molar-refractivity contribution is 5.94. The van der Waals surface area contributed by atoms with E-state index in [1.165, 1.54) is 0 Å². The van der Waals surface area contributed by atoms with Crippen LogP contribution in [-0.4, -0.2) is 45.8 Å². The number of H-pyrrole nitrogens is 1. The summed E-state index contributed by atoms with van der Waals surface area (Å²) >= 11 is 0. The van der Waals surface area contributed by atoms with E-state index in [0.29, 0.717) is 11.6 Å². The van der Waals surface area contributed by atoms with Crippen LogP contribution in [0, 0.1) is 5.92 Å². The zero-order valence-corrected chi connectivity index (χ0v) is 12.9. The smallest absolute Gasteiger partial charge is 0.270 e. The lowest BCUT2D eigenvalue weighted by atomic mass is 10.0. The molecule has 1 aliphatic carbocycles. The minimum absolute atomic E-state index is 0.117. The molecule has 6 nitrogen and oxygen atoms in total. The summed E-state index contributed by atoms with van der Waals surface area (Å²) in [5.41, 5.74) is 1.15. The van der Waals surface area contributed by atoms with Crippen molar-refractivity contribution in [3.8, 4) is 0 Å². The first-order valence-electron chi connectivity index (χ1n) is 8.24. The van der Waals surface area contributed by atoms with Crippen LogP contribution in [0.4, 0.5) is 0 Å². The van der Waals surface area contributed by atoms with Crippen molar-refractivity contribution < 1.29 is 9.59 Å². The molecule has 0 spiro atoms. The molecule has 0 unspecified atom stereocenters. The number of rotatable bonds is 3. The van der Waals surface area contributed by atoms with Gasteiger partial charge in [-0.05, 0) is 43.9 Å². The zero-order chi connectivity index (χ0) is 15.8. The van der Waals surface area contributed by atoms with Crippen LogP contribution in [-0.2, 0) is 4.79 Å². The van der Waals surface area contributed by atoms with Crippen molar-refractivity contribution in [3.63, 3.8) is 0 Å². The molecule has 4 rings (SSSR count). The lowest BCUT2D eigenvalue weighted by Crippen LogP contribution is -2.47. The molecule has 2 aliphatic rings. The fraction of sp³-hybridized carbons (Fsp3) is 0.471. The van der Waals surface area contributed by atoms with Gasteiger partial charge in [0.25, 0.3) is 5.91 Å². The zero-order valence-electron chi connectivity index (χ0n) is 12.9. The number of carbonyl (C=O) groups is 2. The molecule has 0 aromatic carbocycles. The molecule has 1 saturated heterocycles. The minimum atomic E-state index is -0.145. The Kier molecular flexibility index (Phi) is 3.52. The first-order chi connectivity index (χ1) is 11.2. The number of carbonyl (C=O) groups excluding carboxylic acids is 2. The van der Waals surface area contributed by atoms with Gasteiger partial charge in [-0.3, -0.25) is 9.59 Å². The van der Waals surface area contributed by atoms with Gasteiger partial charge in [-0.25, -0.2) is 4.98 Å². The van der Waals surface area contributed by atoms with Crippen LogP contribution in [0.15, 0.2) is 24.4 Å². The third kappa shape index (κ3) is 2.93. The number of nitrogens with one attached hydrogen (secondary N) is 2. The Hall–Kier alpha value is -2.37. The summed E-state index contributed by atoms with van der Waals surface area (Å²) in [6.45, 7) is 1.48. The quantitative estimate of drug-likeness (QED) is 0.905. The van der Waals surface area contributed by atoms with Gasteiger partial charge in [0.15, 0.2) is 0 Å². The average molecular weight is 312 g/mol. The Bertz CT molecular complexity index is 742. The van der Waals surface area contributed by atoms with E-state index in [2.05, 4.69) is 15.3 Å². The van der Waals surface area contributed by atoms with E-state index in [9.17, 15) is 9.59 Å². The second-order valence-corrected chi connectivity index (χ2v) is 6.46. The van der Waals surface area contributed by atoms with Crippen LogP contribution in [0.5, 0.6) is 0 Å². The molecule has 2 aromatic rings. The summed E-state index contributed by atoms with van der Waals surface area (Å²) in [5, 5.41) is 4.04. The molecule has 0 bridgehead atoms. The average Bonchev–Trinajstić information content (AvgIpc) is 3.32. The second kappa shape index (κ2) is 5.68. The number of aromatic amines is 1. The van der Waals surface area contributed by atoms with Crippen LogP contribution >= 0.6 is 0 Å². The van der Waals surface area contributed by atoms with Gasteiger partial charge >= 0.3 is 0 Å². The number of likely N-dealkylation sites (tertiary alicyclic amines) is 1. The largest absolute Gasteiger partial charge is 0.348 e. The van der Waals surface area contributed by atoms with Gasteiger partial charge in [0.05, 0.1) is 0 Å². The number of hydrogen-bond acceptors (Lipinski definition) is 3. The van der Waals surface area contributed by atoms with Gasteiger partial charge in [0.1, 0.15) is 11.3 Å². The molecule has 1 aliphatic heterocycles. The van der Waals surface area contributed by atoms with E-state index >= 15 is 0 Å². The Morgan fingerprint density at radius 1 is 1.13 bits per heavy atom. The van der Waals surface area contributed by atoms with Crippen molar-refractivity contribution in [3.05, 3.63) is 30.1 Å². The number of aromatic nitrogens is 2. The lowest BCUT2D eigenvalue weighted by molar-refractivity contribution is -0.133. The highest BCUT2D eigenvalue weighted by Crippen LogP contribution is 2.31. The first kappa shape index (κ1) is 14.2. The standard InChI is InChI=1S/C17H20N4O2/c22-16(14-4-3-11-5-8-18-15(11)20-14)19-13-6-9-21(10-7-13)17(23)12-1-2-12/h3-5,8,12-13H,1-2,6-7,9-10H2,(H,18,20)(H,19,22). The fourth-order valence-electron chi connectivity index (χ4n) is 3.15. The number of fused-ring (bicyclic) bond motifs is 1. The third-order valence-electron chi connectivity index (χ3n) is 4.71. The van der Waals surface area contributed by atoms with Crippen LogP contribution in [0.1, 0.15) is 36.2 Å². The van der Waals surface area contributed by atoms with Gasteiger partial charge in [-0.1, -0.05) is 0 Å². The Labute approximate surface area is 134 Å². The van der Waals surface area contributed by atoms with Crippen molar-refractivity contribution in [2.75, 3.05) is 13.1 Å². The van der Waals surface area contributed by atoms with E-state index in [4.69, 9.17) is 0 Å². The molecule has 3 heterocycles. The predicted molar refractivity (Wildman–Crippen MR) is 85.9 cm³/mol. The summed E-state index contributed by atoms with van der Waals surface area (Å²) in [6, 6.07) is 5.69. The highest BCUT2D eigenvalue weighted by Gasteiger charge is 2.35. The summed E-state index contributed by atoms with van der Waals surface area (Å²) < 4.78 is 0. The summed E-state index contributed by atoms with van der Waals surface area (Å²) in [7, 11) is 0. The molecule has 2 amide bonds. The van der Waals surface area contributed by atoms with Crippen molar-refractivity contribution in [1.29, 1.82) is 0 Å². The summed E-state index contributed by atoms with van der Waals surface area (Å²) in [5.74, 6) is 0.431. The molecule has 2 fully saturated rings. The molecule has 1 saturated carbocycles. The lowest BCUT2D eigenvalue weighted by Gasteiger charge is -2.32. The fourth-order valence-corrected chi connectivity index (χ4v) is 3.15. The topological polar surface area (TPSA) is 78.1 Å². The normalized spacial score (nSPS) is 19.0. The molecule has 120 valence electrons. The molecular weight excluding hydrogens is 292 g/mol. The molecular formula is C17H20N4O2. The molecule has 0 atom stereocenters. The van der Waals surface area contributed by atoms with Crippen LogP contribution in [0.2, 0.25) is 0 Å². The molecule has 0 radical (unpaired) electrons. The van der Waals surface area contributed by atoms with Gasteiger partial charge in [-0.15, -0.1) is 0 Å². The highest BCUT2D eigenvalue weighted by atomic mass is 16.2. The van der Waals surface area contributed by atoms with E-state index in [1.807, 2.05) is 23.2 Å². The van der Waals surface area contributed by atoms with Crippen LogP contribution in [0.3, 0.4) is 0 Å². The number of amides is 2. The Morgan fingerprint density at radius 3 is 2.65 bits per heavy atom. The van der Waals surface area contributed by atoms with E-state index in [1.54, 1.807) is 6.07 Å². The number of hydrogen-bond donors (Lipinski definition) is 2. The second-order valence-electron chi connectivity index (χ2n) is 6.46. The molecule has 23 heavy (non-hydrogen) atoms. The first-order valence-corrected chi connectivity index (χ1v) is 8.24. The SMILES string of the molecule is O=C(NC1CCN(C(=O)C2CC2)CC1)c1ccc2cc[nH]c2n1. The van der Waals surface area contributed by atoms with Gasteiger partial charge in [0.2, 0.25) is 5.91 Å². The van der Waals surface area contributed by atoms with Gasteiger partial charge in [0, 0.05) is 36.6 Å². The van der Waals surface area contributed by atoms with Crippen molar-refractivity contribution in [2.24, 2.45) is 5.92 Å². The van der Waals surface area contributed by atoms with Crippen molar-refractivity contribution >= 4 is 22.8 Å². The monoisotopic (exact) mass is 312 g/mol. The minimum Gasteiger partial charge on any atom is -0.348 e. The van der Waals surface area contributed by atoms with Gasteiger partial charge < -0.3 is 15.2 Å². The van der Waals surface area contributed by atoms with E-state index in [0.717, 1.165) is 49.8 Å². The number of pyridine rings is 1. The Morgan fingerprint density at radius 2 is 1.91 bits per heavy atom. The number of piperidine rings is 1. The maximum absolute atomic E-state index is 12.3. The van der Waals surface area contributed by atoms with Crippen LogP contribution in [0.25, 0.3) is 11.0 Å². The van der Waals surface area contributed by atoms with Crippen LogP contribution < -0.4 is 5.32 Å². The maximum Gasteiger partial charge on any atom is 0.270 e. The third-order valence-corrected chi connectivity index (χ3v) is 4.71. The van der Waals surface area contributed by atoms with E-state index in [-0.39, 0.29) is 17.9 Å².